The molecule has 1 aromatic rings. The fourth-order valence-electron chi connectivity index (χ4n) is 1.84. The van der Waals surface area contributed by atoms with Crippen LogP contribution in [0.25, 0.3) is 0 Å². The molecule has 0 unspecified atom stereocenters. The lowest BCUT2D eigenvalue weighted by atomic mass is 10.1. The van der Waals surface area contributed by atoms with Crippen molar-refractivity contribution in [1.82, 2.24) is 4.90 Å². The van der Waals surface area contributed by atoms with Gasteiger partial charge in [-0.05, 0) is 12.5 Å². The highest BCUT2D eigenvalue weighted by Crippen LogP contribution is 2.07. The molecule has 0 radical (unpaired) electrons. The fourth-order valence-corrected chi connectivity index (χ4v) is 1.84. The van der Waals surface area contributed by atoms with Gasteiger partial charge < -0.3 is 14.9 Å². The van der Waals surface area contributed by atoms with Crippen molar-refractivity contribution in [3.05, 3.63) is 35.4 Å². The van der Waals surface area contributed by atoms with Crippen LogP contribution in [0, 0.1) is 6.92 Å². The van der Waals surface area contributed by atoms with E-state index in [-0.39, 0.29) is 13.0 Å². The molecule has 0 saturated carbocycles. The van der Waals surface area contributed by atoms with E-state index >= 15 is 0 Å². The minimum atomic E-state index is -0.796. The number of benzene rings is 1. The zero-order chi connectivity index (χ0) is 14.8. The lowest BCUT2D eigenvalue weighted by Crippen LogP contribution is -2.29. The van der Waals surface area contributed by atoms with E-state index in [0.29, 0.717) is 32.8 Å². The molecule has 2 N–H and O–H groups in total. The van der Waals surface area contributed by atoms with Gasteiger partial charge in [-0.1, -0.05) is 29.8 Å². The van der Waals surface area contributed by atoms with Crippen molar-refractivity contribution in [3.8, 4) is 0 Å². The molecule has 1 aromatic carbocycles. The molecule has 0 aliphatic carbocycles. The van der Waals surface area contributed by atoms with Crippen LogP contribution in [0.5, 0.6) is 0 Å². The van der Waals surface area contributed by atoms with Gasteiger partial charge in [-0.3, -0.25) is 9.69 Å². The van der Waals surface area contributed by atoms with Crippen LogP contribution in [0.2, 0.25) is 0 Å². The van der Waals surface area contributed by atoms with E-state index < -0.39 is 5.97 Å². The average molecular weight is 281 g/mol. The third-order valence-corrected chi connectivity index (χ3v) is 2.96. The van der Waals surface area contributed by atoms with Crippen LogP contribution in [0.3, 0.4) is 0 Å². The first kappa shape index (κ1) is 16.6. The highest BCUT2D eigenvalue weighted by atomic mass is 16.5. The maximum atomic E-state index is 10.7. The highest BCUT2D eigenvalue weighted by molar-refractivity contribution is 5.66. The molecular formula is C15H23NO4. The molecule has 0 aliphatic rings. The molecule has 0 saturated heterocycles. The fraction of sp³-hybridized carbons (Fsp3) is 0.533. The van der Waals surface area contributed by atoms with E-state index in [1.807, 2.05) is 19.1 Å². The summed E-state index contributed by atoms with van der Waals surface area (Å²) in [5, 5.41) is 17.4. The number of carboxylic acid groups (broad SMARTS) is 1. The molecule has 0 atom stereocenters. The Hall–Kier alpha value is -1.43. The average Bonchev–Trinajstić information content (AvgIpc) is 2.43. The molecule has 0 amide bonds. The number of aliphatic carboxylic acids is 1. The van der Waals surface area contributed by atoms with Crippen molar-refractivity contribution in [3.63, 3.8) is 0 Å². The van der Waals surface area contributed by atoms with Gasteiger partial charge in [-0.2, -0.15) is 0 Å². The molecule has 0 heterocycles. The van der Waals surface area contributed by atoms with Crippen LogP contribution in [-0.2, 0) is 16.1 Å². The summed E-state index contributed by atoms with van der Waals surface area (Å²) in [4.78, 5) is 12.7. The second kappa shape index (κ2) is 9.47. The Balaban J connectivity index is 2.47. The van der Waals surface area contributed by atoms with E-state index in [1.54, 1.807) is 0 Å². The molecular weight excluding hydrogens is 258 g/mol. The maximum Gasteiger partial charge on any atom is 0.304 e. The van der Waals surface area contributed by atoms with Gasteiger partial charge in [0.1, 0.15) is 0 Å². The topological polar surface area (TPSA) is 70.0 Å². The number of carbonyl (C=O) groups is 1. The summed E-state index contributed by atoms with van der Waals surface area (Å²) in [5.41, 5.74) is 2.36. The molecule has 0 bridgehead atoms. The third-order valence-electron chi connectivity index (χ3n) is 2.96. The lowest BCUT2D eigenvalue weighted by Gasteiger charge is -2.21. The predicted octanol–water partition coefficient (Wildman–Crippen LogP) is 1.28. The normalized spacial score (nSPS) is 10.9. The Morgan fingerprint density at radius 3 is 2.50 bits per heavy atom. The molecule has 5 heteroatoms. The first-order valence-corrected chi connectivity index (χ1v) is 6.80. The number of aliphatic hydroxyl groups excluding tert-OH is 1. The van der Waals surface area contributed by atoms with Crippen LogP contribution in [0.1, 0.15) is 17.5 Å². The summed E-state index contributed by atoms with van der Waals surface area (Å²) in [7, 11) is 0. The first-order chi connectivity index (χ1) is 9.61. The third kappa shape index (κ3) is 7.23. The van der Waals surface area contributed by atoms with Gasteiger partial charge in [0.15, 0.2) is 0 Å². The largest absolute Gasteiger partial charge is 0.481 e. The number of rotatable bonds is 10. The first-order valence-electron chi connectivity index (χ1n) is 6.80. The van der Waals surface area contributed by atoms with Gasteiger partial charge in [0.05, 0.1) is 26.2 Å². The van der Waals surface area contributed by atoms with Crippen molar-refractivity contribution in [2.45, 2.75) is 19.9 Å². The Labute approximate surface area is 119 Å². The molecule has 0 spiro atoms. The van der Waals surface area contributed by atoms with Gasteiger partial charge in [0, 0.05) is 19.6 Å². The van der Waals surface area contributed by atoms with Gasteiger partial charge in [0.2, 0.25) is 0 Å². The predicted molar refractivity (Wildman–Crippen MR) is 76.6 cm³/mol. The second-order valence-electron chi connectivity index (χ2n) is 4.74. The van der Waals surface area contributed by atoms with E-state index in [0.717, 1.165) is 5.56 Å². The van der Waals surface area contributed by atoms with Gasteiger partial charge in [0.25, 0.3) is 0 Å². The number of hydrogen-bond donors (Lipinski definition) is 2. The number of carboxylic acids is 1. The summed E-state index contributed by atoms with van der Waals surface area (Å²) in [6, 6.07) is 8.20. The Kier molecular flexibility index (Phi) is 7.87. The molecule has 0 fully saturated rings. The number of nitrogens with zero attached hydrogens (tertiary/aromatic N) is 1. The van der Waals surface area contributed by atoms with Crippen LogP contribution >= 0.6 is 0 Å². The Morgan fingerprint density at radius 1 is 1.20 bits per heavy atom. The summed E-state index contributed by atoms with van der Waals surface area (Å²) < 4.78 is 5.24. The number of aryl methyl sites for hydroxylation is 1. The van der Waals surface area contributed by atoms with Crippen molar-refractivity contribution in [1.29, 1.82) is 0 Å². The zero-order valence-corrected chi connectivity index (χ0v) is 11.9. The molecule has 0 aromatic heterocycles. The molecule has 0 aliphatic heterocycles. The van der Waals surface area contributed by atoms with Gasteiger partial charge in [-0.25, -0.2) is 0 Å². The van der Waals surface area contributed by atoms with Gasteiger partial charge in [-0.15, -0.1) is 0 Å². The Morgan fingerprint density at radius 2 is 1.90 bits per heavy atom. The summed E-state index contributed by atoms with van der Waals surface area (Å²) in [6.07, 6.45) is 0.117. The van der Waals surface area contributed by atoms with Crippen LogP contribution < -0.4 is 0 Å². The van der Waals surface area contributed by atoms with E-state index in [2.05, 4.69) is 17.0 Å². The summed E-state index contributed by atoms with van der Waals surface area (Å²) in [5.74, 6) is -0.796. The molecule has 20 heavy (non-hydrogen) atoms. The molecule has 112 valence electrons. The van der Waals surface area contributed by atoms with Crippen LogP contribution in [0.15, 0.2) is 24.3 Å². The second-order valence-corrected chi connectivity index (χ2v) is 4.74. The smallest absolute Gasteiger partial charge is 0.304 e. The molecule has 5 nitrogen and oxygen atoms in total. The molecule has 1 rings (SSSR count). The summed E-state index contributed by atoms with van der Waals surface area (Å²) in [6.45, 7) is 4.70. The number of ether oxygens (including phenoxy) is 1. The minimum Gasteiger partial charge on any atom is -0.481 e. The minimum absolute atomic E-state index is 0.00703. The van der Waals surface area contributed by atoms with Crippen LogP contribution in [0.4, 0.5) is 0 Å². The monoisotopic (exact) mass is 281 g/mol. The zero-order valence-electron chi connectivity index (χ0n) is 11.9. The standard InChI is InChI=1S/C15H23NO4/c1-13-2-4-14(5-3-13)12-16(7-6-15(18)19)8-10-20-11-9-17/h2-5,17H,6-12H2,1H3,(H,18,19). The van der Waals surface area contributed by atoms with E-state index in [1.165, 1.54) is 5.56 Å². The van der Waals surface area contributed by atoms with Crippen LogP contribution in [-0.4, -0.2) is 54.0 Å². The number of aliphatic hydroxyl groups is 1. The van der Waals surface area contributed by atoms with E-state index in [9.17, 15) is 4.79 Å². The Bertz CT molecular complexity index is 391. The van der Waals surface area contributed by atoms with Crippen molar-refractivity contribution >= 4 is 5.97 Å². The maximum absolute atomic E-state index is 10.7. The van der Waals surface area contributed by atoms with Crippen molar-refractivity contribution < 1.29 is 19.7 Å². The number of hydrogen-bond acceptors (Lipinski definition) is 4. The quantitative estimate of drug-likeness (QED) is 0.632. The highest BCUT2D eigenvalue weighted by Gasteiger charge is 2.08. The van der Waals surface area contributed by atoms with Gasteiger partial charge >= 0.3 is 5.97 Å². The van der Waals surface area contributed by atoms with Crippen molar-refractivity contribution in [2.75, 3.05) is 32.9 Å². The van der Waals surface area contributed by atoms with Crippen molar-refractivity contribution in [2.24, 2.45) is 0 Å². The SMILES string of the molecule is Cc1ccc(CN(CCOCCO)CCC(=O)O)cc1. The van der Waals surface area contributed by atoms with E-state index in [4.69, 9.17) is 14.9 Å². The lowest BCUT2D eigenvalue weighted by molar-refractivity contribution is -0.137. The summed E-state index contributed by atoms with van der Waals surface area (Å²) >= 11 is 0.